The first-order valence-electron chi connectivity index (χ1n) is 8.16. The maximum atomic E-state index is 12.4. The SMILES string of the molecule is CCC[C@@H](C=CC(=O)N1CCc2ccccc21)NC(=O)[C@H](C)N. The molecule has 124 valence electrons. The molecule has 1 heterocycles. The number of nitrogens with zero attached hydrogens (tertiary/aromatic N) is 1. The Hall–Kier alpha value is -2.14. The fourth-order valence-corrected chi connectivity index (χ4v) is 2.70. The van der Waals surface area contributed by atoms with E-state index in [4.69, 9.17) is 5.73 Å². The second kappa shape index (κ2) is 7.92. The van der Waals surface area contributed by atoms with Crippen LogP contribution in [0.25, 0.3) is 0 Å². The van der Waals surface area contributed by atoms with Crippen molar-refractivity contribution in [3.8, 4) is 0 Å². The number of amides is 2. The summed E-state index contributed by atoms with van der Waals surface area (Å²) in [6.45, 7) is 4.39. The smallest absolute Gasteiger partial charge is 0.250 e. The Morgan fingerprint density at radius 2 is 2.13 bits per heavy atom. The molecule has 2 atom stereocenters. The van der Waals surface area contributed by atoms with Gasteiger partial charge in [0.25, 0.3) is 5.91 Å². The number of para-hydroxylation sites is 1. The zero-order valence-corrected chi connectivity index (χ0v) is 13.8. The van der Waals surface area contributed by atoms with Crippen LogP contribution in [0.3, 0.4) is 0 Å². The van der Waals surface area contributed by atoms with Crippen LogP contribution >= 0.6 is 0 Å². The molecular formula is C18H25N3O2. The fourth-order valence-electron chi connectivity index (χ4n) is 2.70. The van der Waals surface area contributed by atoms with Crippen LogP contribution in [0.2, 0.25) is 0 Å². The van der Waals surface area contributed by atoms with Gasteiger partial charge in [-0.05, 0) is 31.4 Å². The lowest BCUT2D eigenvalue weighted by Gasteiger charge is -2.18. The van der Waals surface area contributed by atoms with Crippen molar-refractivity contribution in [3.05, 3.63) is 42.0 Å². The van der Waals surface area contributed by atoms with Gasteiger partial charge in [0.1, 0.15) is 0 Å². The van der Waals surface area contributed by atoms with Gasteiger partial charge < -0.3 is 16.0 Å². The van der Waals surface area contributed by atoms with Crippen LogP contribution in [-0.2, 0) is 16.0 Å². The van der Waals surface area contributed by atoms with E-state index < -0.39 is 6.04 Å². The van der Waals surface area contributed by atoms with Gasteiger partial charge in [-0.25, -0.2) is 0 Å². The maximum absolute atomic E-state index is 12.4. The lowest BCUT2D eigenvalue weighted by molar-refractivity contribution is -0.122. The van der Waals surface area contributed by atoms with Gasteiger partial charge in [-0.1, -0.05) is 37.6 Å². The van der Waals surface area contributed by atoms with Crippen molar-refractivity contribution in [3.63, 3.8) is 0 Å². The number of carbonyl (C=O) groups excluding carboxylic acids is 2. The molecule has 0 unspecified atom stereocenters. The van der Waals surface area contributed by atoms with Crippen LogP contribution in [0.4, 0.5) is 5.69 Å². The minimum Gasteiger partial charge on any atom is -0.349 e. The Kier molecular flexibility index (Phi) is 5.93. The van der Waals surface area contributed by atoms with Gasteiger partial charge in [0.15, 0.2) is 0 Å². The number of rotatable bonds is 6. The molecule has 2 amide bonds. The lowest BCUT2D eigenvalue weighted by Crippen LogP contribution is -2.43. The van der Waals surface area contributed by atoms with Gasteiger partial charge in [0.2, 0.25) is 5.91 Å². The molecule has 1 aromatic carbocycles. The molecule has 1 aliphatic heterocycles. The number of nitrogens with one attached hydrogen (secondary N) is 1. The van der Waals surface area contributed by atoms with E-state index in [0.29, 0.717) is 6.54 Å². The average Bonchev–Trinajstić information content (AvgIpc) is 2.96. The minimum atomic E-state index is -0.552. The standard InChI is InChI=1S/C18H25N3O2/c1-3-6-15(20-18(23)13(2)19)9-10-17(22)21-12-11-14-7-4-5-8-16(14)21/h4-5,7-10,13,15H,3,6,11-12,19H2,1-2H3,(H,20,23)/t13-,15-/m0/s1. The largest absolute Gasteiger partial charge is 0.349 e. The van der Waals surface area contributed by atoms with Crippen molar-refractivity contribution in [2.45, 2.75) is 45.2 Å². The zero-order valence-electron chi connectivity index (χ0n) is 13.8. The predicted octanol–water partition coefficient (Wildman–Crippen LogP) is 1.76. The molecule has 0 saturated heterocycles. The van der Waals surface area contributed by atoms with Crippen LogP contribution in [0.15, 0.2) is 36.4 Å². The fraction of sp³-hybridized carbons (Fsp3) is 0.444. The van der Waals surface area contributed by atoms with Crippen molar-refractivity contribution in [2.75, 3.05) is 11.4 Å². The van der Waals surface area contributed by atoms with E-state index in [-0.39, 0.29) is 17.9 Å². The predicted molar refractivity (Wildman–Crippen MR) is 92.1 cm³/mol. The van der Waals surface area contributed by atoms with E-state index in [1.165, 1.54) is 5.56 Å². The monoisotopic (exact) mass is 315 g/mol. The molecule has 0 aromatic heterocycles. The summed E-state index contributed by atoms with van der Waals surface area (Å²) in [5, 5.41) is 2.86. The quantitative estimate of drug-likeness (QED) is 0.786. The number of nitrogens with two attached hydrogens (primary N) is 1. The molecule has 5 heteroatoms. The Morgan fingerprint density at radius 1 is 1.39 bits per heavy atom. The summed E-state index contributed by atoms with van der Waals surface area (Å²) in [5.41, 5.74) is 7.76. The highest BCUT2D eigenvalue weighted by Crippen LogP contribution is 2.27. The van der Waals surface area contributed by atoms with Crippen LogP contribution in [-0.4, -0.2) is 30.4 Å². The van der Waals surface area contributed by atoms with Gasteiger partial charge >= 0.3 is 0 Å². The summed E-state index contributed by atoms with van der Waals surface area (Å²) >= 11 is 0. The second-order valence-corrected chi connectivity index (χ2v) is 5.92. The Bertz CT molecular complexity index is 596. The Balaban J connectivity index is 2.02. The van der Waals surface area contributed by atoms with Crippen LogP contribution < -0.4 is 16.0 Å². The highest BCUT2D eigenvalue weighted by Gasteiger charge is 2.22. The molecule has 0 bridgehead atoms. The van der Waals surface area contributed by atoms with Crippen molar-refractivity contribution < 1.29 is 9.59 Å². The maximum Gasteiger partial charge on any atom is 0.250 e. The average molecular weight is 315 g/mol. The Morgan fingerprint density at radius 3 is 2.83 bits per heavy atom. The molecule has 3 N–H and O–H groups in total. The molecule has 0 radical (unpaired) electrons. The van der Waals surface area contributed by atoms with E-state index in [1.54, 1.807) is 24.0 Å². The van der Waals surface area contributed by atoms with Crippen molar-refractivity contribution >= 4 is 17.5 Å². The molecule has 0 aliphatic carbocycles. The van der Waals surface area contributed by atoms with Crippen LogP contribution in [0, 0.1) is 0 Å². The molecule has 0 saturated carbocycles. The summed E-state index contributed by atoms with van der Waals surface area (Å²) < 4.78 is 0. The van der Waals surface area contributed by atoms with E-state index in [2.05, 4.69) is 11.4 Å². The first-order chi connectivity index (χ1) is 11.0. The second-order valence-electron chi connectivity index (χ2n) is 5.92. The molecule has 23 heavy (non-hydrogen) atoms. The number of anilines is 1. The highest BCUT2D eigenvalue weighted by atomic mass is 16.2. The van der Waals surface area contributed by atoms with Crippen LogP contribution in [0.5, 0.6) is 0 Å². The molecule has 2 rings (SSSR count). The van der Waals surface area contributed by atoms with Gasteiger partial charge in [0.05, 0.1) is 6.04 Å². The van der Waals surface area contributed by atoms with Gasteiger partial charge in [-0.15, -0.1) is 0 Å². The van der Waals surface area contributed by atoms with Crippen LogP contribution in [0.1, 0.15) is 32.3 Å². The van der Waals surface area contributed by atoms with Crippen molar-refractivity contribution in [2.24, 2.45) is 5.73 Å². The lowest BCUT2D eigenvalue weighted by atomic mass is 10.1. The minimum absolute atomic E-state index is 0.0499. The third kappa shape index (κ3) is 4.42. The van der Waals surface area contributed by atoms with E-state index in [0.717, 1.165) is 24.9 Å². The highest BCUT2D eigenvalue weighted by molar-refractivity contribution is 6.03. The third-order valence-electron chi connectivity index (χ3n) is 3.97. The molecular weight excluding hydrogens is 290 g/mol. The van der Waals surface area contributed by atoms with Gasteiger partial charge in [-0.2, -0.15) is 0 Å². The number of benzene rings is 1. The third-order valence-corrected chi connectivity index (χ3v) is 3.97. The molecule has 5 nitrogen and oxygen atoms in total. The summed E-state index contributed by atoms with van der Waals surface area (Å²) in [4.78, 5) is 25.9. The number of fused-ring (bicyclic) bond motifs is 1. The summed E-state index contributed by atoms with van der Waals surface area (Å²) in [5.74, 6) is -0.252. The summed E-state index contributed by atoms with van der Waals surface area (Å²) in [7, 11) is 0. The van der Waals surface area contributed by atoms with E-state index in [1.807, 2.05) is 25.1 Å². The number of carbonyl (C=O) groups is 2. The number of hydrogen-bond donors (Lipinski definition) is 2. The molecule has 0 spiro atoms. The normalized spacial score (nSPS) is 16.2. The summed E-state index contributed by atoms with van der Waals surface area (Å²) in [6, 6.07) is 7.23. The number of hydrogen-bond acceptors (Lipinski definition) is 3. The zero-order chi connectivity index (χ0) is 16.8. The van der Waals surface area contributed by atoms with Gasteiger partial charge in [0, 0.05) is 24.4 Å². The van der Waals surface area contributed by atoms with Crippen molar-refractivity contribution in [1.82, 2.24) is 5.32 Å². The molecule has 1 aliphatic rings. The first-order valence-corrected chi connectivity index (χ1v) is 8.16. The Labute approximate surface area is 137 Å². The van der Waals surface area contributed by atoms with Gasteiger partial charge in [-0.3, -0.25) is 9.59 Å². The molecule has 1 aromatic rings. The summed E-state index contributed by atoms with van der Waals surface area (Å²) in [6.07, 6.45) is 5.90. The topological polar surface area (TPSA) is 75.4 Å². The van der Waals surface area contributed by atoms with Crippen molar-refractivity contribution in [1.29, 1.82) is 0 Å². The molecule has 0 fully saturated rings. The van der Waals surface area contributed by atoms with E-state index in [9.17, 15) is 9.59 Å². The van der Waals surface area contributed by atoms with E-state index >= 15 is 0 Å². The first kappa shape index (κ1) is 17.2.